The Labute approximate surface area is 74.9 Å². The summed E-state index contributed by atoms with van der Waals surface area (Å²) in [5, 5.41) is 8.26. The highest BCUT2D eigenvalue weighted by atomic mass is 32.2. The van der Waals surface area contributed by atoms with Crippen molar-refractivity contribution in [2.24, 2.45) is 0 Å². The van der Waals surface area contributed by atoms with Crippen molar-refractivity contribution < 1.29 is 9.90 Å². The molecule has 0 bridgehead atoms. The zero-order valence-corrected chi connectivity index (χ0v) is 7.17. The Morgan fingerprint density at radius 3 is 2.67 bits per heavy atom. The number of carbonyl (C=O) groups is 1. The molecule has 0 radical (unpaired) electrons. The summed E-state index contributed by atoms with van der Waals surface area (Å²) in [6.45, 7) is 0. The van der Waals surface area contributed by atoms with Crippen molar-refractivity contribution >= 4 is 18.0 Å². The second-order valence-electron chi connectivity index (χ2n) is 2.18. The first-order valence-corrected chi connectivity index (χ1v) is 4.42. The first kappa shape index (κ1) is 8.93. The van der Waals surface area contributed by atoms with E-state index in [4.69, 9.17) is 5.11 Å². The van der Waals surface area contributed by atoms with E-state index in [-0.39, 0.29) is 0 Å². The van der Waals surface area contributed by atoms with Crippen LogP contribution < -0.4 is 4.72 Å². The molecule has 0 unspecified atom stereocenters. The van der Waals surface area contributed by atoms with E-state index in [0.29, 0.717) is 5.75 Å². The van der Waals surface area contributed by atoms with Crippen molar-refractivity contribution in [3.8, 4) is 0 Å². The minimum Gasteiger partial charge on any atom is -0.464 e. The summed E-state index contributed by atoms with van der Waals surface area (Å²) in [7, 11) is 0. The second kappa shape index (κ2) is 4.66. The van der Waals surface area contributed by atoms with Gasteiger partial charge in [-0.05, 0) is 17.5 Å². The third kappa shape index (κ3) is 3.30. The zero-order chi connectivity index (χ0) is 8.81. The van der Waals surface area contributed by atoms with Crippen molar-refractivity contribution in [1.29, 1.82) is 0 Å². The number of rotatable bonds is 3. The van der Waals surface area contributed by atoms with Crippen LogP contribution in [0.1, 0.15) is 5.56 Å². The van der Waals surface area contributed by atoms with Gasteiger partial charge in [0.05, 0.1) is 0 Å². The first-order valence-electron chi connectivity index (χ1n) is 3.43. The van der Waals surface area contributed by atoms with Crippen molar-refractivity contribution in [3.05, 3.63) is 35.9 Å². The van der Waals surface area contributed by atoms with Crippen LogP contribution in [0.2, 0.25) is 0 Å². The maximum Gasteiger partial charge on any atom is 0.414 e. The van der Waals surface area contributed by atoms with E-state index < -0.39 is 6.09 Å². The van der Waals surface area contributed by atoms with Crippen LogP contribution in [0.3, 0.4) is 0 Å². The number of hydrogen-bond acceptors (Lipinski definition) is 2. The monoisotopic (exact) mass is 183 g/mol. The molecule has 0 saturated carbocycles. The molecule has 0 aliphatic carbocycles. The van der Waals surface area contributed by atoms with E-state index >= 15 is 0 Å². The Balaban J connectivity index is 2.29. The van der Waals surface area contributed by atoms with Crippen molar-refractivity contribution in [2.45, 2.75) is 5.75 Å². The van der Waals surface area contributed by atoms with E-state index in [1.807, 2.05) is 30.3 Å². The number of carboxylic acid groups (broad SMARTS) is 1. The van der Waals surface area contributed by atoms with Gasteiger partial charge in [-0.25, -0.2) is 4.79 Å². The molecule has 3 nitrogen and oxygen atoms in total. The molecule has 0 spiro atoms. The van der Waals surface area contributed by atoms with Crippen molar-refractivity contribution in [2.75, 3.05) is 0 Å². The standard InChI is InChI=1S/C8H9NO2S/c10-8(11)9-12-6-7-4-2-1-3-5-7/h1-5,9H,6H2,(H,10,11). The molecule has 0 saturated heterocycles. The number of nitrogens with one attached hydrogen (secondary N) is 1. The molecule has 0 heterocycles. The van der Waals surface area contributed by atoms with Crippen molar-refractivity contribution in [3.63, 3.8) is 0 Å². The fourth-order valence-electron chi connectivity index (χ4n) is 0.755. The highest BCUT2D eigenvalue weighted by Gasteiger charge is 1.94. The molecule has 1 amide bonds. The van der Waals surface area contributed by atoms with Gasteiger partial charge in [0.1, 0.15) is 0 Å². The maximum atomic E-state index is 10.1. The van der Waals surface area contributed by atoms with E-state index in [1.165, 1.54) is 0 Å². The highest BCUT2D eigenvalue weighted by molar-refractivity contribution is 7.97. The summed E-state index contributed by atoms with van der Waals surface area (Å²) in [6, 6.07) is 9.69. The van der Waals surface area contributed by atoms with Gasteiger partial charge < -0.3 is 5.11 Å². The van der Waals surface area contributed by atoms with Crippen LogP contribution in [0.4, 0.5) is 4.79 Å². The zero-order valence-electron chi connectivity index (χ0n) is 6.36. The highest BCUT2D eigenvalue weighted by Crippen LogP contribution is 2.07. The molecule has 64 valence electrons. The number of benzene rings is 1. The van der Waals surface area contributed by atoms with Gasteiger partial charge in [0.2, 0.25) is 0 Å². The summed E-state index contributed by atoms with van der Waals surface area (Å²) in [4.78, 5) is 10.1. The SMILES string of the molecule is O=C(O)NSCc1ccccc1. The molecule has 1 aromatic carbocycles. The number of amides is 1. The molecule has 0 fully saturated rings. The predicted molar refractivity (Wildman–Crippen MR) is 48.9 cm³/mol. The molecule has 4 heteroatoms. The van der Waals surface area contributed by atoms with Crippen LogP contribution in [0.5, 0.6) is 0 Å². The summed E-state index contributed by atoms with van der Waals surface area (Å²) in [6.07, 6.45) is -1.00. The fraction of sp³-hybridized carbons (Fsp3) is 0.125. The first-order chi connectivity index (χ1) is 5.79. The second-order valence-corrected chi connectivity index (χ2v) is 2.96. The molecule has 1 rings (SSSR count). The van der Waals surface area contributed by atoms with E-state index in [9.17, 15) is 4.79 Å². The smallest absolute Gasteiger partial charge is 0.414 e. The Morgan fingerprint density at radius 1 is 1.42 bits per heavy atom. The minimum atomic E-state index is -1.00. The lowest BCUT2D eigenvalue weighted by atomic mass is 10.2. The summed E-state index contributed by atoms with van der Waals surface area (Å²) < 4.78 is 2.23. The fourth-order valence-corrected chi connectivity index (χ4v) is 1.31. The third-order valence-corrected chi connectivity index (χ3v) is 2.04. The number of hydrogen-bond donors (Lipinski definition) is 2. The minimum absolute atomic E-state index is 0.660. The lowest BCUT2D eigenvalue weighted by Crippen LogP contribution is -2.11. The Morgan fingerprint density at radius 2 is 2.08 bits per heavy atom. The summed E-state index contributed by atoms with van der Waals surface area (Å²) >= 11 is 1.16. The molecular formula is C8H9NO2S. The molecule has 0 atom stereocenters. The topological polar surface area (TPSA) is 49.3 Å². The van der Waals surface area contributed by atoms with Crippen LogP contribution in [-0.2, 0) is 5.75 Å². The third-order valence-electron chi connectivity index (χ3n) is 1.24. The van der Waals surface area contributed by atoms with Gasteiger partial charge >= 0.3 is 6.09 Å². The van der Waals surface area contributed by atoms with Gasteiger partial charge in [-0.2, -0.15) is 0 Å². The molecule has 0 aliphatic rings. The average Bonchev–Trinajstić information content (AvgIpc) is 2.05. The maximum absolute atomic E-state index is 10.1. The van der Waals surface area contributed by atoms with E-state index in [2.05, 4.69) is 4.72 Å². The van der Waals surface area contributed by atoms with E-state index in [0.717, 1.165) is 17.5 Å². The molecule has 0 aliphatic heterocycles. The van der Waals surface area contributed by atoms with Crippen LogP contribution in [0, 0.1) is 0 Å². The van der Waals surface area contributed by atoms with Crippen LogP contribution >= 0.6 is 11.9 Å². The van der Waals surface area contributed by atoms with Crippen molar-refractivity contribution in [1.82, 2.24) is 4.72 Å². The van der Waals surface area contributed by atoms with Gasteiger partial charge in [0.25, 0.3) is 0 Å². The van der Waals surface area contributed by atoms with Gasteiger partial charge in [0, 0.05) is 5.75 Å². The van der Waals surface area contributed by atoms with E-state index in [1.54, 1.807) is 0 Å². The summed E-state index contributed by atoms with van der Waals surface area (Å²) in [5.74, 6) is 0.660. The normalized spacial score (nSPS) is 9.33. The van der Waals surface area contributed by atoms with Crippen LogP contribution in [0.25, 0.3) is 0 Å². The molecule has 0 aromatic heterocycles. The Bertz CT molecular complexity index is 250. The van der Waals surface area contributed by atoms with Gasteiger partial charge in [-0.1, -0.05) is 30.3 Å². The molecular weight excluding hydrogens is 174 g/mol. The van der Waals surface area contributed by atoms with Crippen LogP contribution in [0.15, 0.2) is 30.3 Å². The lowest BCUT2D eigenvalue weighted by Gasteiger charge is -1.99. The lowest BCUT2D eigenvalue weighted by molar-refractivity contribution is 0.202. The van der Waals surface area contributed by atoms with Gasteiger partial charge in [0.15, 0.2) is 0 Å². The Hall–Kier alpha value is -1.16. The molecule has 1 aromatic rings. The average molecular weight is 183 g/mol. The quantitative estimate of drug-likeness (QED) is 0.705. The molecule has 12 heavy (non-hydrogen) atoms. The van der Waals surface area contributed by atoms with Gasteiger partial charge in [-0.3, -0.25) is 4.72 Å². The van der Waals surface area contributed by atoms with Gasteiger partial charge in [-0.15, -0.1) is 0 Å². The largest absolute Gasteiger partial charge is 0.464 e. The Kier molecular flexibility index (Phi) is 3.47. The van der Waals surface area contributed by atoms with Crippen LogP contribution in [-0.4, -0.2) is 11.2 Å². The predicted octanol–water partition coefficient (Wildman–Crippen LogP) is 2.10. The molecule has 2 N–H and O–H groups in total. The summed E-state index contributed by atoms with van der Waals surface area (Å²) in [5.41, 5.74) is 1.11.